The van der Waals surface area contributed by atoms with Crippen LogP contribution in [0.3, 0.4) is 0 Å². The van der Waals surface area contributed by atoms with Gasteiger partial charge in [-0.2, -0.15) is 5.21 Å². The van der Waals surface area contributed by atoms with E-state index in [9.17, 15) is 10.1 Å². The van der Waals surface area contributed by atoms with Gasteiger partial charge in [0.2, 0.25) is 5.82 Å². The summed E-state index contributed by atoms with van der Waals surface area (Å²) in [5.41, 5.74) is 0.648. The summed E-state index contributed by atoms with van der Waals surface area (Å²) in [6.07, 6.45) is 1.55. The highest BCUT2D eigenvalue weighted by Crippen LogP contribution is 2.22. The molecule has 0 saturated heterocycles. The predicted octanol–water partition coefficient (Wildman–Crippen LogP) is 0.423. The Morgan fingerprint density at radius 3 is 3.06 bits per heavy atom. The first-order valence-electron chi connectivity index (χ1n) is 4.74. The van der Waals surface area contributed by atoms with Crippen molar-refractivity contribution >= 4 is 11.5 Å². The number of hydrogen-bond donors (Lipinski definition) is 2. The third-order valence-corrected chi connectivity index (χ3v) is 2.00. The number of anilines is 1. The molecule has 2 rings (SSSR count). The molecule has 2 aromatic rings. The van der Waals surface area contributed by atoms with Gasteiger partial charge in [0.25, 0.3) is 0 Å². The number of aryl methyl sites for hydroxylation is 1. The molecular weight excluding hydrogens is 226 g/mol. The van der Waals surface area contributed by atoms with Crippen molar-refractivity contribution in [1.29, 1.82) is 0 Å². The summed E-state index contributed by atoms with van der Waals surface area (Å²) in [6, 6.07) is 1.45. The first kappa shape index (κ1) is 10.9. The maximum Gasteiger partial charge on any atom is 0.311 e. The third-order valence-electron chi connectivity index (χ3n) is 2.00. The summed E-state index contributed by atoms with van der Waals surface area (Å²) < 4.78 is 0. The van der Waals surface area contributed by atoms with Crippen LogP contribution in [0.4, 0.5) is 11.5 Å². The number of tetrazole rings is 1. The standard InChI is InChI=1S/C8H9N7O2/c1-5-2-6(15(16)17)8(9-3-5)10-4-7-11-13-14-12-7/h2-3H,4H2,1H3,(H,9,10)(H,11,12,13,14). The van der Waals surface area contributed by atoms with Crippen molar-refractivity contribution in [2.75, 3.05) is 5.32 Å². The van der Waals surface area contributed by atoms with Gasteiger partial charge in [-0.3, -0.25) is 10.1 Å². The third kappa shape index (κ3) is 2.51. The molecule has 9 heteroatoms. The molecular formula is C8H9N7O2. The highest BCUT2D eigenvalue weighted by Gasteiger charge is 2.15. The van der Waals surface area contributed by atoms with Crippen LogP contribution in [0.25, 0.3) is 0 Å². The van der Waals surface area contributed by atoms with Gasteiger partial charge in [-0.15, -0.1) is 10.2 Å². The van der Waals surface area contributed by atoms with Crippen molar-refractivity contribution in [3.8, 4) is 0 Å². The van der Waals surface area contributed by atoms with Crippen LogP contribution in [0.2, 0.25) is 0 Å². The monoisotopic (exact) mass is 235 g/mol. The number of nitrogens with one attached hydrogen (secondary N) is 2. The van der Waals surface area contributed by atoms with Crippen LogP contribution in [0.1, 0.15) is 11.4 Å². The molecule has 0 saturated carbocycles. The topological polar surface area (TPSA) is 123 Å². The molecule has 2 aromatic heterocycles. The summed E-state index contributed by atoms with van der Waals surface area (Å²) >= 11 is 0. The molecule has 0 aliphatic carbocycles. The van der Waals surface area contributed by atoms with E-state index in [0.717, 1.165) is 5.56 Å². The van der Waals surface area contributed by atoms with Gasteiger partial charge < -0.3 is 5.32 Å². The molecule has 2 heterocycles. The molecule has 0 bridgehead atoms. The van der Waals surface area contributed by atoms with Crippen molar-refractivity contribution in [1.82, 2.24) is 25.6 Å². The highest BCUT2D eigenvalue weighted by atomic mass is 16.6. The number of aromatic nitrogens is 5. The zero-order valence-electron chi connectivity index (χ0n) is 8.91. The second kappa shape index (κ2) is 4.51. The van der Waals surface area contributed by atoms with E-state index in [1.807, 2.05) is 0 Å². The molecule has 0 unspecified atom stereocenters. The van der Waals surface area contributed by atoms with E-state index in [2.05, 4.69) is 30.9 Å². The van der Waals surface area contributed by atoms with Gasteiger partial charge in [-0.05, 0) is 12.5 Å². The average Bonchev–Trinajstić information content (AvgIpc) is 2.80. The van der Waals surface area contributed by atoms with Gasteiger partial charge in [0.1, 0.15) is 0 Å². The van der Waals surface area contributed by atoms with Crippen LogP contribution >= 0.6 is 0 Å². The van der Waals surface area contributed by atoms with Gasteiger partial charge in [0.15, 0.2) is 5.82 Å². The minimum atomic E-state index is -0.488. The molecule has 0 aromatic carbocycles. The largest absolute Gasteiger partial charge is 0.357 e. The van der Waals surface area contributed by atoms with Crippen LogP contribution in [0.5, 0.6) is 0 Å². The molecule has 0 fully saturated rings. The molecule has 0 radical (unpaired) electrons. The Bertz CT molecular complexity index is 525. The second-order valence-electron chi connectivity index (χ2n) is 3.32. The van der Waals surface area contributed by atoms with Crippen molar-refractivity contribution in [2.45, 2.75) is 13.5 Å². The number of rotatable bonds is 4. The number of aromatic amines is 1. The van der Waals surface area contributed by atoms with E-state index < -0.39 is 4.92 Å². The van der Waals surface area contributed by atoms with E-state index in [1.54, 1.807) is 13.1 Å². The van der Waals surface area contributed by atoms with E-state index in [-0.39, 0.29) is 18.1 Å². The van der Waals surface area contributed by atoms with Crippen molar-refractivity contribution in [3.63, 3.8) is 0 Å². The molecule has 2 N–H and O–H groups in total. The Morgan fingerprint density at radius 2 is 2.41 bits per heavy atom. The lowest BCUT2D eigenvalue weighted by Gasteiger charge is -2.03. The van der Waals surface area contributed by atoms with Gasteiger partial charge >= 0.3 is 5.69 Å². The van der Waals surface area contributed by atoms with E-state index in [1.165, 1.54) is 6.07 Å². The first-order chi connectivity index (χ1) is 8.16. The number of hydrogen-bond acceptors (Lipinski definition) is 7. The Morgan fingerprint density at radius 1 is 1.59 bits per heavy atom. The lowest BCUT2D eigenvalue weighted by atomic mass is 10.3. The van der Waals surface area contributed by atoms with Gasteiger partial charge in [0.05, 0.1) is 11.5 Å². The fraction of sp³-hybridized carbons (Fsp3) is 0.250. The normalized spacial score (nSPS) is 10.2. The molecule has 0 atom stereocenters. The van der Waals surface area contributed by atoms with Crippen LogP contribution < -0.4 is 5.32 Å². The van der Waals surface area contributed by atoms with E-state index in [4.69, 9.17) is 0 Å². The number of H-pyrrole nitrogens is 1. The van der Waals surface area contributed by atoms with Gasteiger partial charge in [0, 0.05) is 12.3 Å². The Kier molecular flexibility index (Phi) is 2.90. The molecule has 0 spiro atoms. The summed E-state index contributed by atoms with van der Waals surface area (Å²) in [4.78, 5) is 14.3. The van der Waals surface area contributed by atoms with E-state index in [0.29, 0.717) is 5.82 Å². The minimum Gasteiger partial charge on any atom is -0.357 e. The maximum absolute atomic E-state index is 10.8. The number of nitro groups is 1. The molecule has 17 heavy (non-hydrogen) atoms. The van der Waals surface area contributed by atoms with Crippen molar-refractivity contribution < 1.29 is 4.92 Å². The predicted molar refractivity (Wildman–Crippen MR) is 57.1 cm³/mol. The SMILES string of the molecule is Cc1cnc(NCc2nn[nH]n2)c([N+](=O)[O-])c1. The quantitative estimate of drug-likeness (QED) is 0.581. The summed E-state index contributed by atoms with van der Waals surface area (Å²) in [6.45, 7) is 1.95. The summed E-state index contributed by atoms with van der Waals surface area (Å²) in [5.74, 6) is 0.590. The van der Waals surface area contributed by atoms with Crippen LogP contribution in [0.15, 0.2) is 12.3 Å². The lowest BCUT2D eigenvalue weighted by Crippen LogP contribution is -2.06. The van der Waals surface area contributed by atoms with Crippen LogP contribution in [0, 0.1) is 17.0 Å². The van der Waals surface area contributed by atoms with Crippen LogP contribution in [-0.2, 0) is 6.54 Å². The fourth-order valence-corrected chi connectivity index (χ4v) is 1.25. The minimum absolute atomic E-state index is 0.0755. The molecule has 0 amide bonds. The molecule has 0 aliphatic heterocycles. The summed E-state index contributed by atoms with van der Waals surface area (Å²) in [7, 11) is 0. The zero-order valence-corrected chi connectivity index (χ0v) is 8.91. The Balaban J connectivity index is 2.17. The van der Waals surface area contributed by atoms with Gasteiger partial charge in [-0.1, -0.05) is 5.21 Å². The van der Waals surface area contributed by atoms with Crippen molar-refractivity contribution in [3.05, 3.63) is 33.8 Å². The van der Waals surface area contributed by atoms with Crippen LogP contribution in [-0.4, -0.2) is 30.5 Å². The lowest BCUT2D eigenvalue weighted by molar-refractivity contribution is -0.384. The maximum atomic E-state index is 10.8. The highest BCUT2D eigenvalue weighted by molar-refractivity contribution is 5.56. The van der Waals surface area contributed by atoms with Gasteiger partial charge in [-0.25, -0.2) is 4.98 Å². The molecule has 88 valence electrons. The Hall–Kier alpha value is -2.58. The zero-order chi connectivity index (χ0) is 12.3. The number of nitrogens with zero attached hydrogens (tertiary/aromatic N) is 5. The molecule has 9 nitrogen and oxygen atoms in total. The fourth-order valence-electron chi connectivity index (χ4n) is 1.25. The first-order valence-corrected chi connectivity index (χ1v) is 4.74. The Labute approximate surface area is 95.4 Å². The summed E-state index contributed by atoms with van der Waals surface area (Å²) in [5, 5.41) is 26.7. The molecule has 0 aliphatic rings. The second-order valence-corrected chi connectivity index (χ2v) is 3.32. The average molecular weight is 235 g/mol. The van der Waals surface area contributed by atoms with Crippen molar-refractivity contribution in [2.24, 2.45) is 0 Å². The van der Waals surface area contributed by atoms with E-state index >= 15 is 0 Å². The smallest absolute Gasteiger partial charge is 0.311 e. The number of pyridine rings is 1.